The fourth-order valence-corrected chi connectivity index (χ4v) is 3.44. The molecule has 0 radical (unpaired) electrons. The average molecular weight is 434 g/mol. The Morgan fingerprint density at radius 2 is 1.87 bits per heavy atom. The van der Waals surface area contributed by atoms with E-state index in [1.54, 1.807) is 17.0 Å². The van der Waals surface area contributed by atoms with Crippen LogP contribution in [0.25, 0.3) is 0 Å². The number of likely N-dealkylation sites (tertiary alicyclic amines) is 1. The molecule has 1 aliphatic rings. The van der Waals surface area contributed by atoms with E-state index in [2.05, 4.69) is 15.6 Å². The molecule has 0 aliphatic carbocycles. The quantitative estimate of drug-likeness (QED) is 0.683. The van der Waals surface area contributed by atoms with Gasteiger partial charge in [-0.1, -0.05) is 17.7 Å². The van der Waals surface area contributed by atoms with Gasteiger partial charge in [0.2, 0.25) is 5.91 Å². The highest BCUT2D eigenvalue weighted by atomic mass is 19.4. The molecule has 0 saturated carbocycles. The number of piperidine rings is 1. The Morgan fingerprint density at radius 3 is 2.52 bits per heavy atom. The summed E-state index contributed by atoms with van der Waals surface area (Å²) in [4.78, 5) is 30.6. The maximum atomic E-state index is 12.7. The van der Waals surface area contributed by atoms with E-state index >= 15 is 0 Å². The maximum absolute atomic E-state index is 12.7. The molecule has 2 heterocycles. The number of alkyl halides is 3. The Labute approximate surface area is 178 Å². The number of hydrogen-bond donors (Lipinski definition) is 2. The summed E-state index contributed by atoms with van der Waals surface area (Å²) < 4.78 is 37.6. The van der Waals surface area contributed by atoms with Gasteiger partial charge in [-0.05, 0) is 44.0 Å². The fourth-order valence-electron chi connectivity index (χ4n) is 3.44. The summed E-state index contributed by atoms with van der Waals surface area (Å²) in [7, 11) is 0. The molecule has 1 unspecified atom stereocenters. The number of nitrogens with zero attached hydrogens (tertiary/aromatic N) is 2. The third-order valence-electron chi connectivity index (χ3n) is 5.20. The molecule has 9 heteroatoms. The minimum atomic E-state index is -4.42. The van der Waals surface area contributed by atoms with Crippen molar-refractivity contribution in [2.24, 2.45) is 5.92 Å². The lowest BCUT2D eigenvalue weighted by Crippen LogP contribution is -2.46. The molecule has 1 fully saturated rings. The predicted molar refractivity (Wildman–Crippen MR) is 111 cm³/mol. The number of anilines is 1. The zero-order valence-electron chi connectivity index (χ0n) is 17.2. The van der Waals surface area contributed by atoms with Crippen LogP contribution in [0.4, 0.5) is 19.0 Å². The summed E-state index contributed by atoms with van der Waals surface area (Å²) in [5.41, 5.74) is 0.876. The molecule has 1 aliphatic heterocycles. The lowest BCUT2D eigenvalue weighted by atomic mass is 9.96. The molecule has 6 nitrogen and oxygen atoms in total. The SMILES string of the molecule is Cc1ccc(C(=O)N2CCCC(C(=O)NCCNc3ccc(C(F)(F)F)cn3)C2)cc1. The summed E-state index contributed by atoms with van der Waals surface area (Å²) in [6.07, 6.45) is -2.20. The zero-order valence-corrected chi connectivity index (χ0v) is 17.2. The second-order valence-corrected chi connectivity index (χ2v) is 7.60. The molecule has 2 amide bonds. The van der Waals surface area contributed by atoms with Gasteiger partial charge in [0.25, 0.3) is 5.91 Å². The van der Waals surface area contributed by atoms with Crippen LogP contribution in [0.3, 0.4) is 0 Å². The highest BCUT2D eigenvalue weighted by Gasteiger charge is 2.31. The number of hydrogen-bond acceptors (Lipinski definition) is 4. The van der Waals surface area contributed by atoms with E-state index in [0.29, 0.717) is 44.0 Å². The van der Waals surface area contributed by atoms with Crippen molar-refractivity contribution in [3.05, 3.63) is 59.3 Å². The van der Waals surface area contributed by atoms with E-state index in [0.717, 1.165) is 24.2 Å². The smallest absolute Gasteiger partial charge is 0.368 e. The number of amides is 2. The van der Waals surface area contributed by atoms with Crippen molar-refractivity contribution in [1.29, 1.82) is 0 Å². The standard InChI is InChI=1S/C22H25F3N4O2/c1-15-4-6-16(7-5-15)21(31)29-12-2-3-17(14-29)20(30)27-11-10-26-19-9-8-18(13-28-19)22(23,24)25/h4-9,13,17H,2-3,10-12,14H2,1H3,(H,26,28)(H,27,30). The molecule has 0 spiro atoms. The van der Waals surface area contributed by atoms with E-state index in [1.807, 2.05) is 19.1 Å². The van der Waals surface area contributed by atoms with E-state index < -0.39 is 11.7 Å². The first kappa shape index (κ1) is 22.6. The number of carbonyl (C=O) groups is 2. The Morgan fingerprint density at radius 1 is 1.13 bits per heavy atom. The number of pyridine rings is 1. The van der Waals surface area contributed by atoms with E-state index in [4.69, 9.17) is 0 Å². The number of carbonyl (C=O) groups excluding carboxylic acids is 2. The molecule has 31 heavy (non-hydrogen) atoms. The molecule has 1 aromatic carbocycles. The van der Waals surface area contributed by atoms with Gasteiger partial charge in [0.15, 0.2) is 0 Å². The van der Waals surface area contributed by atoms with Gasteiger partial charge in [-0.3, -0.25) is 9.59 Å². The summed E-state index contributed by atoms with van der Waals surface area (Å²) in [6, 6.07) is 9.57. The number of aromatic nitrogens is 1. The third kappa shape index (κ3) is 6.19. The van der Waals surface area contributed by atoms with Gasteiger partial charge in [-0.15, -0.1) is 0 Å². The topological polar surface area (TPSA) is 74.3 Å². The average Bonchev–Trinajstić information content (AvgIpc) is 2.76. The molecule has 1 saturated heterocycles. The summed E-state index contributed by atoms with van der Waals surface area (Å²) in [5, 5.41) is 5.69. The molecule has 2 N–H and O–H groups in total. The van der Waals surface area contributed by atoms with Crippen LogP contribution in [-0.4, -0.2) is 47.9 Å². The second-order valence-electron chi connectivity index (χ2n) is 7.60. The van der Waals surface area contributed by atoms with Crippen LogP contribution in [-0.2, 0) is 11.0 Å². The Bertz CT molecular complexity index is 898. The Kier molecular flexibility index (Phi) is 7.14. The first-order valence-corrected chi connectivity index (χ1v) is 10.1. The van der Waals surface area contributed by atoms with Crippen molar-refractivity contribution in [1.82, 2.24) is 15.2 Å². The Balaban J connectivity index is 1.44. The van der Waals surface area contributed by atoms with E-state index in [9.17, 15) is 22.8 Å². The summed E-state index contributed by atoms with van der Waals surface area (Å²) >= 11 is 0. The minimum absolute atomic E-state index is 0.0763. The second kappa shape index (κ2) is 9.80. The third-order valence-corrected chi connectivity index (χ3v) is 5.20. The van der Waals surface area contributed by atoms with Gasteiger partial charge in [0, 0.05) is 37.9 Å². The molecular formula is C22H25F3N4O2. The lowest BCUT2D eigenvalue weighted by Gasteiger charge is -2.32. The van der Waals surface area contributed by atoms with Crippen LogP contribution in [0.5, 0.6) is 0 Å². The highest BCUT2D eigenvalue weighted by Crippen LogP contribution is 2.28. The van der Waals surface area contributed by atoms with Crippen LogP contribution in [0.2, 0.25) is 0 Å². The van der Waals surface area contributed by atoms with Crippen LogP contribution < -0.4 is 10.6 Å². The summed E-state index contributed by atoms with van der Waals surface area (Å²) in [5.74, 6) is -0.196. The van der Waals surface area contributed by atoms with Gasteiger partial charge in [0.1, 0.15) is 5.82 Å². The molecule has 2 aromatic rings. The van der Waals surface area contributed by atoms with Gasteiger partial charge >= 0.3 is 6.18 Å². The normalized spacial score (nSPS) is 16.6. The first-order chi connectivity index (χ1) is 14.7. The van der Waals surface area contributed by atoms with Crippen molar-refractivity contribution in [2.45, 2.75) is 25.9 Å². The molecule has 1 atom stereocenters. The van der Waals surface area contributed by atoms with Crippen molar-refractivity contribution in [3.63, 3.8) is 0 Å². The van der Waals surface area contributed by atoms with Crippen LogP contribution >= 0.6 is 0 Å². The van der Waals surface area contributed by atoms with Crippen LogP contribution in [0, 0.1) is 12.8 Å². The number of nitrogens with one attached hydrogen (secondary N) is 2. The molecular weight excluding hydrogens is 409 g/mol. The molecule has 1 aromatic heterocycles. The minimum Gasteiger partial charge on any atom is -0.368 e. The number of benzene rings is 1. The first-order valence-electron chi connectivity index (χ1n) is 10.1. The summed E-state index contributed by atoms with van der Waals surface area (Å²) in [6.45, 7) is 3.56. The lowest BCUT2D eigenvalue weighted by molar-refractivity contribution is -0.137. The number of rotatable bonds is 6. The van der Waals surface area contributed by atoms with Gasteiger partial charge < -0.3 is 15.5 Å². The largest absolute Gasteiger partial charge is 0.417 e. The van der Waals surface area contributed by atoms with Crippen LogP contribution in [0.1, 0.15) is 34.3 Å². The predicted octanol–water partition coefficient (Wildman–Crippen LogP) is 3.49. The maximum Gasteiger partial charge on any atom is 0.417 e. The monoisotopic (exact) mass is 434 g/mol. The zero-order chi connectivity index (χ0) is 22.4. The Hall–Kier alpha value is -3.10. The van der Waals surface area contributed by atoms with Crippen LogP contribution in [0.15, 0.2) is 42.6 Å². The molecule has 3 rings (SSSR count). The van der Waals surface area contributed by atoms with Crippen molar-refractivity contribution < 1.29 is 22.8 Å². The van der Waals surface area contributed by atoms with E-state index in [1.165, 1.54) is 6.07 Å². The molecule has 166 valence electrons. The highest BCUT2D eigenvalue weighted by molar-refractivity contribution is 5.94. The van der Waals surface area contributed by atoms with E-state index in [-0.39, 0.29) is 17.7 Å². The van der Waals surface area contributed by atoms with Gasteiger partial charge in [-0.25, -0.2) is 4.98 Å². The number of aryl methyl sites for hydroxylation is 1. The number of halogens is 3. The fraction of sp³-hybridized carbons (Fsp3) is 0.409. The molecule has 0 bridgehead atoms. The van der Waals surface area contributed by atoms with Crippen molar-refractivity contribution in [2.75, 3.05) is 31.5 Å². The van der Waals surface area contributed by atoms with Crippen molar-refractivity contribution in [3.8, 4) is 0 Å². The van der Waals surface area contributed by atoms with Gasteiger partial charge in [-0.2, -0.15) is 13.2 Å². The van der Waals surface area contributed by atoms with Gasteiger partial charge in [0.05, 0.1) is 11.5 Å². The van der Waals surface area contributed by atoms with Crippen molar-refractivity contribution >= 4 is 17.6 Å².